The molecule has 2 bridgehead atoms. The van der Waals surface area contributed by atoms with Gasteiger partial charge in [-0.3, -0.25) is 14.3 Å². The maximum Gasteiger partial charge on any atom is 0.286 e. The highest BCUT2D eigenvalue weighted by Gasteiger charge is 2.44. The number of nitrogens with zero attached hydrogens (tertiary/aromatic N) is 4. The molecule has 1 N–H and O–H groups in total. The van der Waals surface area contributed by atoms with Gasteiger partial charge in [-0.1, -0.05) is 29.8 Å². The van der Waals surface area contributed by atoms with E-state index in [9.17, 15) is 13.8 Å². The first kappa shape index (κ1) is 33.7. The summed E-state index contributed by atoms with van der Waals surface area (Å²) in [6, 6.07) is 13.2. The van der Waals surface area contributed by atoms with E-state index in [0.717, 1.165) is 49.4 Å². The van der Waals surface area contributed by atoms with Gasteiger partial charge < -0.3 is 14.4 Å². The van der Waals surface area contributed by atoms with Crippen molar-refractivity contribution in [2.24, 2.45) is 16.2 Å². The van der Waals surface area contributed by atoms with Crippen LogP contribution in [0.3, 0.4) is 0 Å². The zero-order valence-corrected chi connectivity index (χ0v) is 29.3. The molecule has 7 rings (SSSR count). The Labute approximate surface area is 293 Å². The van der Waals surface area contributed by atoms with Gasteiger partial charge in [0.1, 0.15) is 21.5 Å². The second kappa shape index (κ2) is 14.2. The van der Waals surface area contributed by atoms with E-state index in [1.807, 2.05) is 18.2 Å². The average molecular weight is 704 g/mol. The van der Waals surface area contributed by atoms with Gasteiger partial charge in [0.05, 0.1) is 30.6 Å². The number of amides is 2. The van der Waals surface area contributed by atoms with Crippen molar-refractivity contribution in [3.05, 3.63) is 94.5 Å². The molecule has 0 saturated heterocycles. The van der Waals surface area contributed by atoms with Crippen molar-refractivity contribution >= 4 is 39.0 Å². The van der Waals surface area contributed by atoms with Crippen molar-refractivity contribution < 1.29 is 23.3 Å². The van der Waals surface area contributed by atoms with Crippen molar-refractivity contribution in [3.8, 4) is 5.75 Å². The number of anilines is 1. The molecule has 1 unspecified atom stereocenters. The highest BCUT2D eigenvalue weighted by Crippen LogP contribution is 2.47. The molecule has 0 radical (unpaired) electrons. The Morgan fingerprint density at radius 3 is 2.82 bits per heavy atom. The van der Waals surface area contributed by atoms with E-state index in [2.05, 4.69) is 48.2 Å². The van der Waals surface area contributed by atoms with E-state index in [0.29, 0.717) is 49.1 Å². The number of aryl methyl sites for hydroxylation is 1. The fourth-order valence-corrected chi connectivity index (χ4v) is 9.69. The molecule has 3 heterocycles. The molecule has 2 aromatic carbocycles. The van der Waals surface area contributed by atoms with E-state index in [1.54, 1.807) is 19.2 Å². The molecule has 1 spiro atoms. The van der Waals surface area contributed by atoms with Crippen LogP contribution in [0.4, 0.5) is 5.69 Å². The van der Waals surface area contributed by atoms with Crippen molar-refractivity contribution in [2.45, 2.75) is 62.9 Å². The van der Waals surface area contributed by atoms with Crippen LogP contribution in [0.15, 0.2) is 71.4 Å². The minimum Gasteiger partial charge on any atom is -0.490 e. The Morgan fingerprint density at radius 2 is 2.02 bits per heavy atom. The number of carbonyl (C=O) groups is 2. The lowest BCUT2D eigenvalue weighted by molar-refractivity contribution is -0.118. The first-order chi connectivity index (χ1) is 23.7. The number of hydrogen-bond donors (Lipinski definition) is 1. The van der Waals surface area contributed by atoms with Gasteiger partial charge in [0, 0.05) is 48.6 Å². The van der Waals surface area contributed by atoms with Crippen LogP contribution in [0.25, 0.3) is 0 Å². The number of nitrogens with one attached hydrogen (secondary N) is 1. The minimum atomic E-state index is -3.46. The molecule has 49 heavy (non-hydrogen) atoms. The van der Waals surface area contributed by atoms with Crippen LogP contribution in [0.1, 0.15) is 65.8 Å². The predicted octanol–water partition coefficient (Wildman–Crippen LogP) is 5.88. The van der Waals surface area contributed by atoms with Gasteiger partial charge >= 0.3 is 0 Å². The van der Waals surface area contributed by atoms with E-state index >= 15 is 0 Å². The molecule has 4 aliphatic rings. The monoisotopic (exact) mass is 703 g/mol. The summed E-state index contributed by atoms with van der Waals surface area (Å²) in [5.74, 6) is 0.534. The number of halogens is 1. The molecule has 1 aromatic heterocycles. The first-order valence-corrected chi connectivity index (χ1v) is 19.2. The standard InChI is InChI=1S/C37H42ClN5O5S/c1-47-32-8-3-2-4-18-49(46,41-35(44)21-34-39-16-6-17-40-34)42-36(45)26-10-14-33-31(20-26)43(22-27-9-12-29(27)32)23-37(24-48-33)15-5-7-25-19-28(38)11-13-30(25)37/h3,6,8,10-11,13-14,16-17,19-20,27,29,32H,2,4-5,7,9,12,15,18,21-24H2,1H3,(H,41,42,44,45,46)/b8-3+/t27-,29+,32-,37-,49?/m0/s1. The summed E-state index contributed by atoms with van der Waals surface area (Å²) < 4.78 is 33.6. The molecule has 2 aliphatic heterocycles. The number of benzene rings is 2. The van der Waals surface area contributed by atoms with Gasteiger partial charge in [-0.2, -0.15) is 0 Å². The van der Waals surface area contributed by atoms with E-state index < -0.39 is 21.7 Å². The summed E-state index contributed by atoms with van der Waals surface area (Å²) in [4.78, 5) is 37.4. The SMILES string of the molecule is CO[C@H]1/C=C/CCCS(=O)(NC(=O)Cc2ncccn2)=NC(=O)c2ccc3c(c2)N(C[C@@H]2CC[C@H]21)C[C@@]1(CCCc2cc(Cl)ccc21)CO3. The van der Waals surface area contributed by atoms with E-state index in [1.165, 1.54) is 23.5 Å². The van der Waals surface area contributed by atoms with Crippen LogP contribution in [0.5, 0.6) is 5.75 Å². The zero-order valence-electron chi connectivity index (χ0n) is 27.7. The molecule has 1 saturated carbocycles. The zero-order chi connectivity index (χ0) is 34.0. The quantitative estimate of drug-likeness (QED) is 0.335. The Bertz CT molecular complexity index is 1880. The lowest BCUT2D eigenvalue weighted by Gasteiger charge is -2.46. The van der Waals surface area contributed by atoms with Crippen LogP contribution in [-0.4, -0.2) is 64.7 Å². The Morgan fingerprint density at radius 1 is 1.16 bits per heavy atom. The van der Waals surface area contributed by atoms with E-state index in [-0.39, 0.29) is 29.5 Å². The summed E-state index contributed by atoms with van der Waals surface area (Å²) in [5.41, 5.74) is 3.39. The number of methoxy groups -OCH3 is 1. The number of rotatable bonds is 4. The molecular formula is C37H42ClN5O5S. The normalized spacial score (nSPS) is 28.9. The van der Waals surface area contributed by atoms with Crippen LogP contribution < -0.4 is 14.4 Å². The molecule has 5 atom stereocenters. The maximum atomic E-state index is 14.2. The number of aromatic nitrogens is 2. The lowest BCUT2D eigenvalue weighted by Crippen LogP contribution is -2.49. The molecular weight excluding hydrogens is 662 g/mol. The lowest BCUT2D eigenvalue weighted by atomic mass is 9.68. The number of hydrogen-bond acceptors (Lipinski definition) is 8. The van der Waals surface area contributed by atoms with Crippen LogP contribution in [-0.2, 0) is 37.7 Å². The second-order valence-electron chi connectivity index (χ2n) is 13.7. The third kappa shape index (κ3) is 7.25. The third-order valence-electron chi connectivity index (χ3n) is 10.5. The van der Waals surface area contributed by atoms with Gasteiger partial charge in [0.25, 0.3) is 5.91 Å². The summed E-state index contributed by atoms with van der Waals surface area (Å²) in [6.45, 7) is 2.00. The largest absolute Gasteiger partial charge is 0.490 e. The number of ether oxygens (including phenoxy) is 2. The van der Waals surface area contributed by atoms with Crippen molar-refractivity contribution in [2.75, 3.05) is 37.5 Å². The predicted molar refractivity (Wildman–Crippen MR) is 189 cm³/mol. The van der Waals surface area contributed by atoms with Crippen molar-refractivity contribution in [3.63, 3.8) is 0 Å². The van der Waals surface area contributed by atoms with Crippen molar-refractivity contribution in [1.29, 1.82) is 0 Å². The molecule has 12 heteroatoms. The van der Waals surface area contributed by atoms with Crippen LogP contribution in [0.2, 0.25) is 5.02 Å². The van der Waals surface area contributed by atoms with Gasteiger partial charge in [0.15, 0.2) is 0 Å². The third-order valence-corrected chi connectivity index (χ3v) is 12.6. The fraction of sp³-hybridized carbons (Fsp3) is 0.459. The molecule has 2 amide bonds. The molecule has 3 aromatic rings. The Balaban J connectivity index is 1.27. The number of fused-ring (bicyclic) bond motifs is 4. The van der Waals surface area contributed by atoms with Crippen molar-refractivity contribution in [1.82, 2.24) is 14.7 Å². The highest BCUT2D eigenvalue weighted by molar-refractivity contribution is 7.92. The topological polar surface area (TPSA) is 123 Å². The first-order valence-electron chi connectivity index (χ1n) is 17.1. The van der Waals surface area contributed by atoms with Crippen LogP contribution >= 0.6 is 11.6 Å². The summed E-state index contributed by atoms with van der Waals surface area (Å²) in [5, 5.41) is 0.739. The maximum absolute atomic E-state index is 14.2. The van der Waals surface area contributed by atoms with Gasteiger partial charge in [-0.05, 0) is 104 Å². The Hall–Kier alpha value is -3.80. The van der Waals surface area contributed by atoms with Gasteiger partial charge in [0.2, 0.25) is 5.91 Å². The minimum absolute atomic E-state index is 0.0142. The highest BCUT2D eigenvalue weighted by atomic mass is 35.5. The van der Waals surface area contributed by atoms with E-state index in [4.69, 9.17) is 21.1 Å². The molecule has 1 fully saturated rings. The van der Waals surface area contributed by atoms with Gasteiger partial charge in [-0.25, -0.2) is 14.2 Å². The second-order valence-corrected chi connectivity index (χ2v) is 16.2. The number of carbonyl (C=O) groups excluding carboxylic acids is 2. The number of allylic oxidation sites excluding steroid dienone is 1. The smallest absolute Gasteiger partial charge is 0.286 e. The van der Waals surface area contributed by atoms with Gasteiger partial charge in [-0.15, -0.1) is 4.36 Å². The summed E-state index contributed by atoms with van der Waals surface area (Å²) in [7, 11) is -1.71. The summed E-state index contributed by atoms with van der Waals surface area (Å²) >= 11 is 6.44. The molecule has 2 aliphatic carbocycles. The molecule has 10 nitrogen and oxygen atoms in total. The summed E-state index contributed by atoms with van der Waals surface area (Å²) in [6.07, 6.45) is 13.2. The molecule has 258 valence electrons. The van der Waals surface area contributed by atoms with Crippen LogP contribution in [0, 0.1) is 11.8 Å². The Kier molecular flexibility index (Phi) is 9.77. The fourth-order valence-electron chi connectivity index (χ4n) is 7.89. The average Bonchev–Trinajstić information content (AvgIpc) is 3.22.